The van der Waals surface area contributed by atoms with E-state index in [-0.39, 0.29) is 42.6 Å². The van der Waals surface area contributed by atoms with Crippen LogP contribution in [0.2, 0.25) is 0 Å². The highest BCUT2D eigenvalue weighted by molar-refractivity contribution is 7.90. The summed E-state index contributed by atoms with van der Waals surface area (Å²) in [6.45, 7) is 4.57. The van der Waals surface area contributed by atoms with Gasteiger partial charge in [0.15, 0.2) is 0 Å². The summed E-state index contributed by atoms with van der Waals surface area (Å²) in [7, 11) is -2.28. The number of methoxy groups -OCH3 is 1. The Bertz CT molecular complexity index is 1140. The second-order valence-electron chi connectivity index (χ2n) is 7.57. The number of rotatable bonds is 10. The van der Waals surface area contributed by atoms with Crippen molar-refractivity contribution in [2.75, 3.05) is 13.7 Å². The number of hydrogen-bond acceptors (Lipinski definition) is 6. The fourth-order valence-corrected chi connectivity index (χ4v) is 5.45. The monoisotopic (exact) mass is 479 g/mol. The van der Waals surface area contributed by atoms with Gasteiger partial charge in [0.2, 0.25) is 15.0 Å². The van der Waals surface area contributed by atoms with Crippen molar-refractivity contribution in [1.29, 1.82) is 0 Å². The molecule has 0 spiro atoms. The highest BCUT2D eigenvalue weighted by atomic mass is 32.2. The first kappa shape index (κ1) is 24.1. The first-order valence-electron chi connectivity index (χ1n) is 10.1. The zero-order valence-corrected chi connectivity index (χ0v) is 19.8. The van der Waals surface area contributed by atoms with Gasteiger partial charge in [0.1, 0.15) is 5.82 Å². The summed E-state index contributed by atoms with van der Waals surface area (Å²) in [6.07, 6.45) is 1.49. The minimum Gasteiger partial charge on any atom is -0.383 e. The molecule has 1 amide bonds. The Labute approximate surface area is 191 Å². The van der Waals surface area contributed by atoms with E-state index in [4.69, 9.17) is 4.74 Å². The molecule has 3 rings (SSSR count). The molecular formula is C22H26FN3O4S2. The molecule has 0 aliphatic carbocycles. The van der Waals surface area contributed by atoms with Gasteiger partial charge in [0.25, 0.3) is 5.91 Å². The normalized spacial score (nSPS) is 11.8. The van der Waals surface area contributed by atoms with Gasteiger partial charge in [-0.1, -0.05) is 18.2 Å². The summed E-state index contributed by atoms with van der Waals surface area (Å²) in [6, 6.07) is 8.82. The third-order valence-electron chi connectivity index (χ3n) is 4.92. The fourth-order valence-electron chi connectivity index (χ4n) is 3.26. The predicted octanol–water partition coefficient (Wildman–Crippen LogP) is 3.75. The molecule has 0 unspecified atom stereocenters. The molecule has 0 saturated heterocycles. The van der Waals surface area contributed by atoms with E-state index in [9.17, 15) is 17.6 Å². The average molecular weight is 480 g/mol. The molecule has 2 aromatic heterocycles. The molecule has 1 aromatic carbocycles. The van der Waals surface area contributed by atoms with Crippen LogP contribution in [0.3, 0.4) is 0 Å². The zero-order chi connectivity index (χ0) is 23.3. The molecule has 0 atom stereocenters. The van der Waals surface area contributed by atoms with Crippen LogP contribution in [0.1, 0.15) is 34.8 Å². The van der Waals surface area contributed by atoms with Crippen molar-refractivity contribution in [1.82, 2.24) is 14.5 Å². The Morgan fingerprint density at radius 3 is 2.56 bits per heavy atom. The Morgan fingerprint density at radius 2 is 1.97 bits per heavy atom. The van der Waals surface area contributed by atoms with Crippen molar-refractivity contribution >= 4 is 27.1 Å². The highest BCUT2D eigenvalue weighted by Crippen LogP contribution is 2.21. The number of carbonyl (C=O) groups is 1. The molecule has 2 heterocycles. The number of thiophene rings is 1. The molecule has 10 heteroatoms. The number of halogens is 1. The van der Waals surface area contributed by atoms with Gasteiger partial charge in [-0.05, 0) is 43.0 Å². The summed E-state index contributed by atoms with van der Waals surface area (Å²) in [5, 5.41) is 1.75. The smallest absolute Gasteiger partial charge is 0.264 e. The van der Waals surface area contributed by atoms with Crippen LogP contribution in [0, 0.1) is 5.82 Å². The summed E-state index contributed by atoms with van der Waals surface area (Å²) < 4.78 is 46.2. The molecule has 3 aromatic rings. The Balaban J connectivity index is 1.93. The number of hydrogen-bond donors (Lipinski definition) is 0. The Kier molecular flexibility index (Phi) is 7.81. The van der Waals surface area contributed by atoms with Crippen molar-refractivity contribution < 1.29 is 22.3 Å². The second-order valence-corrected chi connectivity index (χ2v) is 10.4. The number of benzene rings is 1. The van der Waals surface area contributed by atoms with Crippen LogP contribution in [-0.4, -0.2) is 48.5 Å². The molecular weight excluding hydrogens is 453 g/mol. The van der Waals surface area contributed by atoms with Crippen LogP contribution in [0.5, 0.6) is 0 Å². The molecule has 32 heavy (non-hydrogen) atoms. The number of carbonyl (C=O) groups excluding carboxylic acids is 1. The lowest BCUT2D eigenvalue weighted by Gasteiger charge is -2.27. The standard InChI is InChI=1S/C22H26FN3O4S2/c1-16(2)26(21(27)20-5-4-12-31-20)14-19-13-24-22(25(19)10-11-30-3)32(28,29)15-17-6-8-18(23)9-7-17/h4-9,12-13,16H,10-11,14-15H2,1-3H3. The third kappa shape index (κ3) is 5.62. The van der Waals surface area contributed by atoms with Gasteiger partial charge in [0, 0.05) is 19.7 Å². The molecule has 0 N–H and O–H groups in total. The van der Waals surface area contributed by atoms with Gasteiger partial charge in [-0.25, -0.2) is 17.8 Å². The lowest BCUT2D eigenvalue weighted by molar-refractivity contribution is 0.0689. The van der Waals surface area contributed by atoms with Crippen LogP contribution in [0.4, 0.5) is 4.39 Å². The maximum absolute atomic E-state index is 13.2. The molecule has 172 valence electrons. The first-order valence-corrected chi connectivity index (χ1v) is 12.6. The number of aromatic nitrogens is 2. The van der Waals surface area contributed by atoms with Crippen molar-refractivity contribution in [2.45, 2.75) is 43.9 Å². The van der Waals surface area contributed by atoms with Crippen molar-refractivity contribution in [3.63, 3.8) is 0 Å². The van der Waals surface area contributed by atoms with Gasteiger partial charge in [-0.2, -0.15) is 0 Å². The number of sulfone groups is 1. The molecule has 0 radical (unpaired) electrons. The third-order valence-corrected chi connectivity index (χ3v) is 7.37. The maximum Gasteiger partial charge on any atom is 0.264 e. The zero-order valence-electron chi connectivity index (χ0n) is 18.2. The Hall–Kier alpha value is -2.56. The van der Waals surface area contributed by atoms with Crippen molar-refractivity contribution in [3.05, 3.63) is 69.9 Å². The van der Waals surface area contributed by atoms with Crippen molar-refractivity contribution in [2.24, 2.45) is 0 Å². The van der Waals surface area contributed by atoms with Crippen LogP contribution in [0.15, 0.2) is 53.1 Å². The van der Waals surface area contributed by atoms with Crippen LogP contribution in [0.25, 0.3) is 0 Å². The minimum absolute atomic E-state index is 0.0962. The van der Waals surface area contributed by atoms with Crippen molar-refractivity contribution in [3.8, 4) is 0 Å². The van der Waals surface area contributed by atoms with Gasteiger partial charge in [0.05, 0.1) is 35.7 Å². The quantitative estimate of drug-likeness (QED) is 0.442. The van der Waals surface area contributed by atoms with E-state index in [0.29, 0.717) is 16.1 Å². The van der Waals surface area contributed by atoms with Crippen LogP contribution in [-0.2, 0) is 33.4 Å². The summed E-state index contributed by atoms with van der Waals surface area (Å²) in [5.41, 5.74) is 1.06. The van der Waals surface area contributed by atoms with E-state index in [0.717, 1.165) is 0 Å². The lowest BCUT2D eigenvalue weighted by Crippen LogP contribution is -2.36. The van der Waals surface area contributed by atoms with Crippen LogP contribution >= 0.6 is 11.3 Å². The minimum atomic E-state index is -3.81. The van der Waals surface area contributed by atoms with Gasteiger partial charge in [-0.15, -0.1) is 11.3 Å². The van der Waals surface area contributed by atoms with E-state index < -0.39 is 15.7 Å². The van der Waals surface area contributed by atoms with E-state index in [1.54, 1.807) is 15.5 Å². The summed E-state index contributed by atoms with van der Waals surface area (Å²) in [4.78, 5) is 19.5. The summed E-state index contributed by atoms with van der Waals surface area (Å²) in [5.74, 6) is -0.858. The topological polar surface area (TPSA) is 81.5 Å². The maximum atomic E-state index is 13.2. The Morgan fingerprint density at radius 1 is 1.25 bits per heavy atom. The average Bonchev–Trinajstić information content (AvgIpc) is 3.41. The molecule has 0 saturated carbocycles. The number of imidazole rings is 1. The number of amides is 1. The van der Waals surface area contributed by atoms with Crippen LogP contribution < -0.4 is 0 Å². The lowest BCUT2D eigenvalue weighted by atomic mass is 10.2. The fraction of sp³-hybridized carbons (Fsp3) is 0.364. The van der Waals surface area contributed by atoms with E-state index in [1.807, 2.05) is 25.3 Å². The number of nitrogens with zero attached hydrogens (tertiary/aromatic N) is 3. The second kappa shape index (κ2) is 10.4. The number of ether oxygens (including phenoxy) is 1. The van der Waals surface area contributed by atoms with Gasteiger partial charge >= 0.3 is 0 Å². The first-order chi connectivity index (χ1) is 15.2. The molecule has 0 aliphatic rings. The van der Waals surface area contributed by atoms with Gasteiger partial charge in [-0.3, -0.25) is 4.79 Å². The van der Waals surface area contributed by atoms with E-state index in [2.05, 4.69) is 4.98 Å². The van der Waals surface area contributed by atoms with E-state index >= 15 is 0 Å². The predicted molar refractivity (Wildman–Crippen MR) is 121 cm³/mol. The molecule has 7 nitrogen and oxygen atoms in total. The highest BCUT2D eigenvalue weighted by Gasteiger charge is 2.27. The molecule has 0 fully saturated rings. The SMILES string of the molecule is COCCn1c(CN(C(=O)c2cccs2)C(C)C)cnc1S(=O)(=O)Cc1ccc(F)cc1. The summed E-state index contributed by atoms with van der Waals surface area (Å²) >= 11 is 1.36. The van der Waals surface area contributed by atoms with E-state index in [1.165, 1.54) is 48.9 Å². The van der Waals surface area contributed by atoms with Gasteiger partial charge < -0.3 is 14.2 Å². The molecule has 0 bridgehead atoms. The molecule has 0 aliphatic heterocycles. The largest absolute Gasteiger partial charge is 0.383 e.